The lowest BCUT2D eigenvalue weighted by Crippen LogP contribution is -2.14. The fourth-order valence-corrected chi connectivity index (χ4v) is 3.38. The van der Waals surface area contributed by atoms with Crippen molar-refractivity contribution in [1.82, 2.24) is 0 Å². The molecule has 138 valence electrons. The van der Waals surface area contributed by atoms with E-state index in [1.54, 1.807) is 24.4 Å². The Kier molecular flexibility index (Phi) is 7.11. The number of alkyl halides is 1. The Hall–Kier alpha value is -2.45. The molecule has 0 aliphatic carbocycles. The number of rotatable bonds is 8. The summed E-state index contributed by atoms with van der Waals surface area (Å²) in [5.74, 6) is -0.492. The average molecular weight is 397 g/mol. The zero-order valence-electron chi connectivity index (χ0n) is 14.0. The van der Waals surface area contributed by atoms with Gasteiger partial charge in [-0.05, 0) is 18.9 Å². The minimum atomic E-state index is -0.595. The lowest BCUT2D eigenvalue weighted by molar-refractivity contribution is -0.384. The number of nitrogens with one attached hydrogen (secondary N) is 1. The summed E-state index contributed by atoms with van der Waals surface area (Å²) in [4.78, 5) is 34.9. The predicted octanol–water partition coefficient (Wildman–Crippen LogP) is 4.46. The summed E-state index contributed by atoms with van der Waals surface area (Å²) < 4.78 is 5.09. The number of anilines is 1. The molecule has 2 rings (SSSR count). The molecular formula is C17H17ClN2O5S. The van der Waals surface area contributed by atoms with Crippen LogP contribution in [0.25, 0.3) is 11.1 Å². The molecule has 0 saturated heterocycles. The molecule has 7 nitrogen and oxygen atoms in total. The van der Waals surface area contributed by atoms with Crippen molar-refractivity contribution in [2.24, 2.45) is 0 Å². The van der Waals surface area contributed by atoms with Gasteiger partial charge >= 0.3 is 5.97 Å². The number of nitrogens with zero attached hydrogens (tertiary/aromatic N) is 1. The molecule has 26 heavy (non-hydrogen) atoms. The maximum atomic E-state index is 12.4. The molecule has 0 radical (unpaired) electrons. The van der Waals surface area contributed by atoms with Gasteiger partial charge in [0.1, 0.15) is 10.6 Å². The number of ether oxygens (including phenoxy) is 1. The van der Waals surface area contributed by atoms with Crippen LogP contribution in [-0.2, 0) is 9.53 Å². The van der Waals surface area contributed by atoms with Crippen LogP contribution in [0, 0.1) is 10.1 Å². The zero-order valence-corrected chi connectivity index (χ0v) is 15.6. The number of esters is 1. The van der Waals surface area contributed by atoms with Crippen LogP contribution >= 0.6 is 22.9 Å². The smallest absolute Gasteiger partial charge is 0.341 e. The minimum Gasteiger partial charge on any atom is -0.462 e. The van der Waals surface area contributed by atoms with Gasteiger partial charge < -0.3 is 10.1 Å². The van der Waals surface area contributed by atoms with E-state index in [0.717, 1.165) is 0 Å². The topological polar surface area (TPSA) is 98.5 Å². The maximum absolute atomic E-state index is 12.4. The van der Waals surface area contributed by atoms with Crippen LogP contribution in [0.4, 0.5) is 10.7 Å². The van der Waals surface area contributed by atoms with Crippen molar-refractivity contribution < 1.29 is 19.2 Å². The van der Waals surface area contributed by atoms with Crippen LogP contribution in [0.3, 0.4) is 0 Å². The monoisotopic (exact) mass is 396 g/mol. The lowest BCUT2D eigenvalue weighted by atomic mass is 10.0. The van der Waals surface area contributed by atoms with Crippen LogP contribution in [0.1, 0.15) is 30.1 Å². The lowest BCUT2D eigenvalue weighted by Gasteiger charge is -2.08. The second-order valence-corrected chi connectivity index (χ2v) is 6.48. The predicted molar refractivity (Wildman–Crippen MR) is 101 cm³/mol. The van der Waals surface area contributed by atoms with Crippen LogP contribution in [-0.4, -0.2) is 29.3 Å². The first kappa shape index (κ1) is 19.9. The third-order valence-corrected chi connectivity index (χ3v) is 4.59. The highest BCUT2D eigenvalue weighted by molar-refractivity contribution is 7.15. The standard InChI is InChI=1S/C17H17ClN2O5S/c1-2-25-17(22)15-13(11-5-3-6-12(9-11)20(23)24)10-26-16(15)19-14(21)7-4-8-18/h3,5-6,9-10H,2,4,7-8H2,1H3,(H,19,21). The van der Waals surface area contributed by atoms with E-state index in [-0.39, 0.29) is 30.2 Å². The SMILES string of the molecule is CCOC(=O)c1c(-c2cccc([N+](=O)[O-])c2)csc1NC(=O)CCCCl. The Labute approximate surface area is 159 Å². The zero-order chi connectivity index (χ0) is 19.1. The second kappa shape index (κ2) is 9.30. The second-order valence-electron chi connectivity index (χ2n) is 5.22. The first-order valence-corrected chi connectivity index (χ1v) is 9.28. The summed E-state index contributed by atoms with van der Waals surface area (Å²) in [5.41, 5.74) is 1.08. The molecule has 1 heterocycles. The highest BCUT2D eigenvalue weighted by atomic mass is 35.5. The van der Waals surface area contributed by atoms with E-state index in [1.807, 2.05) is 0 Å². The largest absolute Gasteiger partial charge is 0.462 e. The number of thiophene rings is 1. The van der Waals surface area contributed by atoms with E-state index in [1.165, 1.54) is 23.5 Å². The molecule has 0 saturated carbocycles. The van der Waals surface area contributed by atoms with Crippen molar-refractivity contribution in [2.75, 3.05) is 17.8 Å². The van der Waals surface area contributed by atoms with Gasteiger partial charge in [0.15, 0.2) is 0 Å². The molecule has 1 N–H and O–H groups in total. The summed E-state index contributed by atoms with van der Waals surface area (Å²) in [5, 5.41) is 15.7. The van der Waals surface area contributed by atoms with Crippen molar-refractivity contribution >= 4 is 45.5 Å². The molecule has 0 spiro atoms. The highest BCUT2D eigenvalue weighted by Crippen LogP contribution is 2.37. The van der Waals surface area contributed by atoms with Gasteiger partial charge in [-0.25, -0.2) is 4.79 Å². The number of benzene rings is 1. The van der Waals surface area contributed by atoms with Crippen LogP contribution in [0.15, 0.2) is 29.6 Å². The summed E-state index contributed by atoms with van der Waals surface area (Å²) in [7, 11) is 0. The van der Waals surface area contributed by atoms with Gasteiger partial charge in [0, 0.05) is 35.4 Å². The van der Waals surface area contributed by atoms with Crippen molar-refractivity contribution in [3.8, 4) is 11.1 Å². The molecule has 0 aliphatic heterocycles. The molecule has 1 aromatic carbocycles. The van der Waals surface area contributed by atoms with Gasteiger partial charge in [0.2, 0.25) is 5.91 Å². The normalized spacial score (nSPS) is 10.4. The molecule has 0 aliphatic rings. The van der Waals surface area contributed by atoms with Gasteiger partial charge in [-0.15, -0.1) is 22.9 Å². The Morgan fingerprint density at radius 3 is 2.81 bits per heavy atom. The number of amides is 1. The summed E-state index contributed by atoms with van der Waals surface area (Å²) >= 11 is 6.76. The van der Waals surface area contributed by atoms with E-state index >= 15 is 0 Å². The van der Waals surface area contributed by atoms with Gasteiger partial charge in [-0.2, -0.15) is 0 Å². The summed E-state index contributed by atoms with van der Waals surface area (Å²) in [6.45, 7) is 1.85. The highest BCUT2D eigenvalue weighted by Gasteiger charge is 2.23. The molecule has 0 fully saturated rings. The van der Waals surface area contributed by atoms with E-state index < -0.39 is 10.9 Å². The number of hydrogen-bond acceptors (Lipinski definition) is 6. The van der Waals surface area contributed by atoms with Crippen molar-refractivity contribution in [1.29, 1.82) is 0 Å². The van der Waals surface area contributed by atoms with E-state index in [0.29, 0.717) is 28.4 Å². The Balaban J connectivity index is 2.43. The molecule has 0 atom stereocenters. The summed E-state index contributed by atoms with van der Waals surface area (Å²) in [6.07, 6.45) is 0.751. The third-order valence-electron chi connectivity index (χ3n) is 3.43. The molecule has 1 amide bonds. The van der Waals surface area contributed by atoms with Gasteiger partial charge in [0.25, 0.3) is 5.69 Å². The number of nitro groups is 1. The Bertz CT molecular complexity index is 821. The number of carbonyl (C=O) groups is 2. The number of halogens is 1. The van der Waals surface area contributed by atoms with Gasteiger partial charge in [-0.1, -0.05) is 12.1 Å². The van der Waals surface area contributed by atoms with E-state index in [9.17, 15) is 19.7 Å². The molecule has 9 heteroatoms. The number of carbonyl (C=O) groups excluding carboxylic acids is 2. The van der Waals surface area contributed by atoms with Gasteiger partial charge in [-0.3, -0.25) is 14.9 Å². The Morgan fingerprint density at radius 1 is 1.38 bits per heavy atom. The average Bonchev–Trinajstić information content (AvgIpc) is 3.03. The maximum Gasteiger partial charge on any atom is 0.341 e. The first-order valence-electron chi connectivity index (χ1n) is 7.87. The van der Waals surface area contributed by atoms with Gasteiger partial charge in [0.05, 0.1) is 11.5 Å². The molecular weight excluding hydrogens is 380 g/mol. The molecule has 2 aromatic rings. The van der Waals surface area contributed by atoms with Crippen molar-refractivity contribution in [3.63, 3.8) is 0 Å². The molecule has 0 unspecified atom stereocenters. The summed E-state index contributed by atoms with van der Waals surface area (Å²) in [6, 6.07) is 5.95. The van der Waals surface area contributed by atoms with E-state index in [4.69, 9.17) is 16.3 Å². The Morgan fingerprint density at radius 2 is 2.15 bits per heavy atom. The fraction of sp³-hybridized carbons (Fsp3) is 0.294. The van der Waals surface area contributed by atoms with Crippen LogP contribution < -0.4 is 5.32 Å². The van der Waals surface area contributed by atoms with Crippen LogP contribution in [0.2, 0.25) is 0 Å². The first-order chi connectivity index (χ1) is 12.5. The molecule has 0 bridgehead atoms. The molecule has 1 aromatic heterocycles. The van der Waals surface area contributed by atoms with Crippen LogP contribution in [0.5, 0.6) is 0 Å². The quantitative estimate of drug-likeness (QED) is 0.307. The van der Waals surface area contributed by atoms with E-state index in [2.05, 4.69) is 5.32 Å². The van der Waals surface area contributed by atoms with Crippen molar-refractivity contribution in [2.45, 2.75) is 19.8 Å². The number of nitro benzene ring substituents is 1. The number of hydrogen-bond donors (Lipinski definition) is 1. The fourth-order valence-electron chi connectivity index (χ4n) is 2.27. The minimum absolute atomic E-state index is 0.0868. The number of non-ortho nitro benzene ring substituents is 1. The third kappa shape index (κ3) is 4.80. The van der Waals surface area contributed by atoms with Crippen molar-refractivity contribution in [3.05, 3.63) is 45.3 Å².